The number of rotatable bonds is 8. The molecule has 3 aromatic rings. The fourth-order valence-electron chi connectivity index (χ4n) is 4.58. The molecule has 0 saturated heterocycles. The minimum absolute atomic E-state index is 0.151. The zero-order chi connectivity index (χ0) is 28.3. The molecule has 0 bridgehead atoms. The number of fused-ring (bicyclic) bond motifs is 1. The number of carbonyl (C=O) groups is 2. The van der Waals surface area contributed by atoms with Gasteiger partial charge in [-0.25, -0.2) is 9.07 Å². The van der Waals surface area contributed by atoms with Crippen molar-refractivity contribution < 1.29 is 23.5 Å². The number of nitrogens with zero attached hydrogens (tertiary/aromatic N) is 3. The number of thioether (sulfide) groups is 1. The van der Waals surface area contributed by atoms with Crippen molar-refractivity contribution in [1.82, 2.24) is 15.1 Å². The van der Waals surface area contributed by atoms with Crippen molar-refractivity contribution in [2.45, 2.75) is 44.8 Å². The first kappa shape index (κ1) is 28.5. The average Bonchev–Trinajstić information content (AvgIpc) is 3.25. The van der Waals surface area contributed by atoms with Crippen LogP contribution in [0.5, 0.6) is 11.5 Å². The summed E-state index contributed by atoms with van der Waals surface area (Å²) in [4.78, 5) is 28.1. The quantitative estimate of drug-likeness (QED) is 0.421. The zero-order valence-corrected chi connectivity index (χ0v) is 24.0. The molecule has 1 aromatic heterocycles. The Bertz CT molecular complexity index is 1350. The van der Waals surface area contributed by atoms with Gasteiger partial charge in [-0.05, 0) is 48.4 Å². The Hall–Kier alpha value is -3.53. The van der Waals surface area contributed by atoms with Gasteiger partial charge in [0, 0.05) is 17.5 Å². The highest BCUT2D eigenvalue weighted by atomic mass is 32.2. The number of benzene rings is 2. The van der Waals surface area contributed by atoms with E-state index in [4.69, 9.17) is 14.6 Å². The number of anilines is 1. The zero-order valence-electron chi connectivity index (χ0n) is 23.2. The van der Waals surface area contributed by atoms with Crippen molar-refractivity contribution in [2.75, 3.05) is 38.0 Å². The van der Waals surface area contributed by atoms with Crippen LogP contribution in [0.4, 0.5) is 10.2 Å². The van der Waals surface area contributed by atoms with Gasteiger partial charge >= 0.3 is 0 Å². The van der Waals surface area contributed by atoms with Crippen LogP contribution in [0.15, 0.2) is 42.5 Å². The maximum atomic E-state index is 13.9. The van der Waals surface area contributed by atoms with E-state index >= 15 is 0 Å². The molecule has 4 rings (SSSR count). The summed E-state index contributed by atoms with van der Waals surface area (Å²) in [5.74, 6) is 0.998. The monoisotopic (exact) mass is 554 g/mol. The molecular weight excluding hydrogens is 519 g/mol. The summed E-state index contributed by atoms with van der Waals surface area (Å²) < 4.78 is 26.6. The lowest BCUT2D eigenvalue weighted by Gasteiger charge is -2.25. The van der Waals surface area contributed by atoms with E-state index in [1.165, 1.54) is 28.8 Å². The molecule has 0 aliphatic carbocycles. The minimum Gasteiger partial charge on any atom is -0.493 e. The van der Waals surface area contributed by atoms with Crippen molar-refractivity contribution in [2.24, 2.45) is 0 Å². The number of nitrogens with one attached hydrogen (secondary N) is 1. The highest BCUT2D eigenvalue weighted by Crippen LogP contribution is 2.49. The summed E-state index contributed by atoms with van der Waals surface area (Å²) in [5.41, 5.74) is 2.70. The molecule has 2 aromatic carbocycles. The first-order valence-electron chi connectivity index (χ1n) is 12.9. The highest BCUT2D eigenvalue weighted by Gasteiger charge is 2.40. The van der Waals surface area contributed by atoms with Crippen LogP contribution in [0.3, 0.4) is 0 Å². The van der Waals surface area contributed by atoms with E-state index in [2.05, 4.69) is 26.1 Å². The van der Waals surface area contributed by atoms with Gasteiger partial charge in [-0.15, -0.1) is 11.8 Å². The molecule has 2 heterocycles. The van der Waals surface area contributed by atoms with Crippen LogP contribution in [0.25, 0.3) is 5.69 Å². The van der Waals surface area contributed by atoms with Crippen molar-refractivity contribution in [3.63, 3.8) is 0 Å². The van der Waals surface area contributed by atoms with Gasteiger partial charge in [0.25, 0.3) is 0 Å². The Balaban J connectivity index is 2.00. The van der Waals surface area contributed by atoms with E-state index in [1.807, 2.05) is 25.1 Å². The lowest BCUT2D eigenvalue weighted by molar-refractivity contribution is -0.122. The largest absolute Gasteiger partial charge is 0.493 e. The fraction of sp³-hybridized carbons (Fsp3) is 0.414. The van der Waals surface area contributed by atoms with Gasteiger partial charge in [-0.2, -0.15) is 5.10 Å². The van der Waals surface area contributed by atoms with E-state index in [9.17, 15) is 14.0 Å². The molecule has 0 saturated carbocycles. The standard InChI is InChI=1S/C29H35FN4O4S/c1-7-14-31-23(35)16-33-24(36)17-39-26(18-8-13-21(37-5)22(15-18)38-6)25-27(29(2,3)4)32-34(28(25)33)20-11-9-19(30)10-12-20/h8-13,15,26H,7,14,16-17H2,1-6H3,(H,31,35). The third-order valence-electron chi connectivity index (χ3n) is 6.45. The molecule has 10 heteroatoms. The fourth-order valence-corrected chi connectivity index (χ4v) is 5.77. The molecule has 39 heavy (non-hydrogen) atoms. The Kier molecular flexibility index (Phi) is 8.54. The maximum absolute atomic E-state index is 13.9. The molecule has 8 nitrogen and oxygen atoms in total. The number of ether oxygens (including phenoxy) is 2. The van der Waals surface area contributed by atoms with Gasteiger partial charge in [0.2, 0.25) is 11.8 Å². The maximum Gasteiger partial charge on any atom is 0.240 e. The van der Waals surface area contributed by atoms with Crippen LogP contribution in [0.1, 0.15) is 56.2 Å². The summed E-state index contributed by atoms with van der Waals surface area (Å²) in [5, 5.41) is 7.59. The molecule has 1 aliphatic rings. The molecule has 0 fully saturated rings. The first-order valence-corrected chi connectivity index (χ1v) is 13.9. The molecule has 1 N–H and O–H groups in total. The van der Waals surface area contributed by atoms with Crippen LogP contribution >= 0.6 is 11.8 Å². The van der Waals surface area contributed by atoms with Crippen LogP contribution in [-0.2, 0) is 15.0 Å². The van der Waals surface area contributed by atoms with Gasteiger partial charge < -0.3 is 14.8 Å². The predicted octanol–water partition coefficient (Wildman–Crippen LogP) is 5.02. The number of carbonyl (C=O) groups excluding carboxylic acids is 2. The summed E-state index contributed by atoms with van der Waals surface area (Å²) in [7, 11) is 3.17. The summed E-state index contributed by atoms with van der Waals surface area (Å²) >= 11 is 1.48. The normalized spacial score (nSPS) is 15.5. The number of halogens is 1. The molecule has 1 unspecified atom stereocenters. The van der Waals surface area contributed by atoms with Crippen molar-refractivity contribution in [3.05, 3.63) is 65.1 Å². The number of hydrogen-bond donors (Lipinski definition) is 1. The van der Waals surface area contributed by atoms with Crippen LogP contribution in [0, 0.1) is 5.82 Å². The molecular formula is C29H35FN4O4S. The third-order valence-corrected chi connectivity index (χ3v) is 7.71. The molecule has 1 atom stereocenters. The number of aromatic nitrogens is 2. The van der Waals surface area contributed by atoms with Gasteiger partial charge in [-0.1, -0.05) is 33.8 Å². The van der Waals surface area contributed by atoms with Crippen molar-refractivity contribution in [3.8, 4) is 17.2 Å². The Labute approximate surface area is 232 Å². The highest BCUT2D eigenvalue weighted by molar-refractivity contribution is 8.00. The lowest BCUT2D eigenvalue weighted by Crippen LogP contribution is -2.42. The number of hydrogen-bond acceptors (Lipinski definition) is 6. The molecule has 208 valence electrons. The summed E-state index contributed by atoms with van der Waals surface area (Å²) in [6.45, 7) is 8.52. The van der Waals surface area contributed by atoms with E-state index in [0.717, 1.165) is 23.2 Å². The van der Waals surface area contributed by atoms with Gasteiger partial charge in [0.05, 0.1) is 36.6 Å². The van der Waals surface area contributed by atoms with Gasteiger partial charge in [-0.3, -0.25) is 14.5 Å². The minimum atomic E-state index is -0.408. The molecule has 0 radical (unpaired) electrons. The SMILES string of the molecule is CCCNC(=O)CN1C(=O)CSC(c2ccc(OC)c(OC)c2)c2c(C(C)(C)C)nn(-c3ccc(F)cc3)c21. The smallest absolute Gasteiger partial charge is 0.240 e. The summed E-state index contributed by atoms with van der Waals surface area (Å²) in [6, 6.07) is 11.7. The van der Waals surface area contributed by atoms with Crippen LogP contribution < -0.4 is 19.7 Å². The van der Waals surface area contributed by atoms with Crippen LogP contribution in [-0.4, -0.2) is 54.7 Å². The van der Waals surface area contributed by atoms with Crippen LogP contribution in [0.2, 0.25) is 0 Å². The summed E-state index contributed by atoms with van der Waals surface area (Å²) in [6.07, 6.45) is 0.782. The van der Waals surface area contributed by atoms with E-state index in [1.54, 1.807) is 31.0 Å². The molecule has 0 spiro atoms. The van der Waals surface area contributed by atoms with E-state index < -0.39 is 5.41 Å². The van der Waals surface area contributed by atoms with Gasteiger partial charge in [0.15, 0.2) is 11.5 Å². The Morgan fingerprint density at radius 3 is 2.44 bits per heavy atom. The number of amides is 2. The van der Waals surface area contributed by atoms with E-state index in [-0.39, 0.29) is 35.2 Å². The second-order valence-corrected chi connectivity index (χ2v) is 11.5. The Morgan fingerprint density at radius 2 is 1.82 bits per heavy atom. The molecule has 2 amide bonds. The van der Waals surface area contributed by atoms with Crippen molar-refractivity contribution in [1.29, 1.82) is 0 Å². The number of methoxy groups -OCH3 is 2. The lowest BCUT2D eigenvalue weighted by atomic mass is 9.87. The second kappa shape index (κ2) is 11.7. The predicted molar refractivity (Wildman–Crippen MR) is 152 cm³/mol. The third kappa shape index (κ3) is 5.90. The van der Waals surface area contributed by atoms with Crippen molar-refractivity contribution >= 4 is 29.4 Å². The topological polar surface area (TPSA) is 85.7 Å². The van der Waals surface area contributed by atoms with Gasteiger partial charge in [0.1, 0.15) is 18.2 Å². The van der Waals surface area contributed by atoms with E-state index in [0.29, 0.717) is 29.5 Å². The first-order chi connectivity index (χ1) is 18.6. The Morgan fingerprint density at radius 1 is 1.13 bits per heavy atom. The second-order valence-electron chi connectivity index (χ2n) is 10.4. The average molecular weight is 555 g/mol. The molecule has 1 aliphatic heterocycles.